The monoisotopic (exact) mass is 415 g/mol. The standard InChI is InChI=1S/C21H22FN3O5/c1-21(14-6-8-15(22)9-7-14)19(27)25(20(28)24-21)13-18(26)23-16-4-3-5-17(12-16)30-11-10-29-2/h3-9,12H,10-11,13H2,1-2H3,(H,23,26)(H,24,28). The molecule has 0 saturated carbocycles. The summed E-state index contributed by atoms with van der Waals surface area (Å²) in [4.78, 5) is 38.4. The van der Waals surface area contributed by atoms with E-state index in [1.54, 1.807) is 31.4 Å². The lowest BCUT2D eigenvalue weighted by Crippen LogP contribution is -2.42. The lowest BCUT2D eigenvalue weighted by atomic mass is 9.92. The number of carbonyl (C=O) groups excluding carboxylic acids is 3. The van der Waals surface area contributed by atoms with Crippen molar-refractivity contribution >= 4 is 23.5 Å². The number of imide groups is 1. The van der Waals surface area contributed by atoms with E-state index in [0.717, 1.165) is 4.90 Å². The molecule has 3 rings (SSSR count). The summed E-state index contributed by atoms with van der Waals surface area (Å²) in [6.07, 6.45) is 0. The highest BCUT2D eigenvalue weighted by Crippen LogP contribution is 2.29. The third-order valence-electron chi connectivity index (χ3n) is 4.67. The number of nitrogens with zero attached hydrogens (tertiary/aromatic N) is 1. The third-order valence-corrected chi connectivity index (χ3v) is 4.67. The Bertz CT molecular complexity index is 950. The predicted molar refractivity (Wildman–Crippen MR) is 106 cm³/mol. The summed E-state index contributed by atoms with van der Waals surface area (Å²) in [5.74, 6) is -1.05. The Kier molecular flexibility index (Phi) is 6.31. The molecule has 158 valence electrons. The second kappa shape index (κ2) is 8.91. The first kappa shape index (κ1) is 21.3. The van der Waals surface area contributed by atoms with Crippen molar-refractivity contribution in [2.45, 2.75) is 12.5 Å². The van der Waals surface area contributed by atoms with E-state index in [9.17, 15) is 18.8 Å². The van der Waals surface area contributed by atoms with Crippen LogP contribution in [0.15, 0.2) is 48.5 Å². The Balaban J connectivity index is 1.65. The molecule has 4 amide bonds. The minimum atomic E-state index is -1.37. The van der Waals surface area contributed by atoms with Crippen molar-refractivity contribution in [2.24, 2.45) is 0 Å². The molecule has 30 heavy (non-hydrogen) atoms. The molecule has 8 nitrogen and oxygen atoms in total. The number of ether oxygens (including phenoxy) is 2. The van der Waals surface area contributed by atoms with Gasteiger partial charge < -0.3 is 20.1 Å². The molecular formula is C21H22FN3O5. The largest absolute Gasteiger partial charge is 0.491 e. The number of hydrogen-bond donors (Lipinski definition) is 2. The maximum Gasteiger partial charge on any atom is 0.325 e. The Morgan fingerprint density at radius 2 is 1.90 bits per heavy atom. The van der Waals surface area contributed by atoms with E-state index in [0.29, 0.717) is 30.2 Å². The van der Waals surface area contributed by atoms with E-state index in [4.69, 9.17) is 9.47 Å². The van der Waals surface area contributed by atoms with Crippen molar-refractivity contribution in [3.05, 3.63) is 59.9 Å². The van der Waals surface area contributed by atoms with Crippen molar-refractivity contribution in [3.8, 4) is 5.75 Å². The van der Waals surface area contributed by atoms with Crippen molar-refractivity contribution in [1.29, 1.82) is 0 Å². The summed E-state index contributed by atoms with van der Waals surface area (Å²) in [5.41, 5.74) is -0.491. The van der Waals surface area contributed by atoms with Crippen LogP contribution in [0.1, 0.15) is 12.5 Å². The minimum Gasteiger partial charge on any atom is -0.491 e. The minimum absolute atomic E-state index is 0.359. The van der Waals surface area contributed by atoms with Gasteiger partial charge in [0.15, 0.2) is 0 Å². The Morgan fingerprint density at radius 1 is 1.17 bits per heavy atom. The fraction of sp³-hybridized carbons (Fsp3) is 0.286. The smallest absolute Gasteiger partial charge is 0.325 e. The van der Waals surface area contributed by atoms with Gasteiger partial charge in [0.2, 0.25) is 5.91 Å². The van der Waals surface area contributed by atoms with E-state index in [1.165, 1.54) is 31.2 Å². The molecule has 2 aromatic carbocycles. The maximum atomic E-state index is 13.2. The van der Waals surface area contributed by atoms with Gasteiger partial charge in [-0.05, 0) is 36.8 Å². The van der Waals surface area contributed by atoms with Gasteiger partial charge in [-0.15, -0.1) is 0 Å². The SMILES string of the molecule is COCCOc1cccc(NC(=O)CN2C(=O)NC(C)(c3ccc(F)cc3)C2=O)c1. The van der Waals surface area contributed by atoms with Crippen LogP contribution in [-0.4, -0.2) is 49.6 Å². The molecule has 0 aliphatic carbocycles. The molecule has 0 radical (unpaired) electrons. The zero-order valence-electron chi connectivity index (χ0n) is 16.6. The molecule has 1 unspecified atom stereocenters. The molecule has 1 heterocycles. The molecule has 0 aromatic heterocycles. The van der Waals surface area contributed by atoms with Gasteiger partial charge in [0.1, 0.15) is 30.3 Å². The van der Waals surface area contributed by atoms with Gasteiger partial charge in [0.05, 0.1) is 6.61 Å². The molecule has 1 fully saturated rings. The van der Waals surface area contributed by atoms with Crippen LogP contribution in [0, 0.1) is 5.82 Å². The summed E-state index contributed by atoms with van der Waals surface area (Å²) in [7, 11) is 1.57. The van der Waals surface area contributed by atoms with Crippen LogP contribution in [0.5, 0.6) is 5.75 Å². The van der Waals surface area contributed by atoms with Crippen LogP contribution in [0.4, 0.5) is 14.9 Å². The molecule has 1 aliphatic heterocycles. The van der Waals surface area contributed by atoms with E-state index in [2.05, 4.69) is 10.6 Å². The predicted octanol–water partition coefficient (Wildman–Crippen LogP) is 2.26. The van der Waals surface area contributed by atoms with Crippen LogP contribution in [0.25, 0.3) is 0 Å². The zero-order valence-corrected chi connectivity index (χ0v) is 16.6. The average molecular weight is 415 g/mol. The summed E-state index contributed by atoms with van der Waals surface area (Å²) in [6, 6.07) is 11.3. The molecule has 1 atom stereocenters. The van der Waals surface area contributed by atoms with Gasteiger partial charge in [0, 0.05) is 18.9 Å². The number of hydrogen-bond acceptors (Lipinski definition) is 5. The van der Waals surface area contributed by atoms with E-state index >= 15 is 0 Å². The summed E-state index contributed by atoms with van der Waals surface area (Å²) in [6.45, 7) is 1.84. The van der Waals surface area contributed by atoms with Gasteiger partial charge in [-0.25, -0.2) is 9.18 Å². The molecule has 1 aliphatic rings. The van der Waals surface area contributed by atoms with E-state index in [1.807, 2.05) is 0 Å². The molecule has 1 saturated heterocycles. The maximum absolute atomic E-state index is 13.2. The number of urea groups is 1. The highest BCUT2D eigenvalue weighted by atomic mass is 19.1. The summed E-state index contributed by atoms with van der Waals surface area (Å²) >= 11 is 0. The molecule has 0 spiro atoms. The number of benzene rings is 2. The van der Waals surface area contributed by atoms with Gasteiger partial charge in [-0.1, -0.05) is 18.2 Å². The molecule has 0 bridgehead atoms. The van der Waals surface area contributed by atoms with E-state index < -0.39 is 35.7 Å². The van der Waals surface area contributed by atoms with Gasteiger partial charge in [-0.2, -0.15) is 0 Å². The topological polar surface area (TPSA) is 97.0 Å². The quantitative estimate of drug-likeness (QED) is 0.509. The number of nitrogens with one attached hydrogen (secondary N) is 2. The fourth-order valence-electron chi connectivity index (χ4n) is 3.07. The lowest BCUT2D eigenvalue weighted by molar-refractivity contribution is -0.133. The van der Waals surface area contributed by atoms with Crippen LogP contribution in [0.2, 0.25) is 0 Å². The Morgan fingerprint density at radius 3 is 2.60 bits per heavy atom. The molecule has 9 heteroatoms. The lowest BCUT2D eigenvalue weighted by Gasteiger charge is -2.22. The number of carbonyl (C=O) groups is 3. The summed E-state index contributed by atoms with van der Waals surface area (Å²) in [5, 5.41) is 5.22. The normalized spacial score (nSPS) is 18.3. The highest BCUT2D eigenvalue weighted by Gasteiger charge is 2.49. The summed E-state index contributed by atoms with van der Waals surface area (Å²) < 4.78 is 23.6. The second-order valence-electron chi connectivity index (χ2n) is 6.87. The van der Waals surface area contributed by atoms with Gasteiger partial charge >= 0.3 is 6.03 Å². The highest BCUT2D eigenvalue weighted by molar-refractivity contribution is 6.10. The zero-order chi connectivity index (χ0) is 21.7. The van der Waals surface area contributed by atoms with E-state index in [-0.39, 0.29) is 0 Å². The first-order valence-electron chi connectivity index (χ1n) is 9.25. The number of halogens is 1. The Labute approximate surface area is 173 Å². The van der Waals surface area contributed by atoms with Gasteiger partial charge in [0.25, 0.3) is 5.91 Å². The number of rotatable bonds is 8. The van der Waals surface area contributed by atoms with Crippen LogP contribution in [-0.2, 0) is 19.9 Å². The second-order valence-corrected chi connectivity index (χ2v) is 6.87. The molecular weight excluding hydrogens is 393 g/mol. The number of methoxy groups -OCH3 is 1. The Hall–Kier alpha value is -3.46. The number of amides is 4. The van der Waals surface area contributed by atoms with Crippen LogP contribution >= 0.6 is 0 Å². The van der Waals surface area contributed by atoms with Gasteiger partial charge in [-0.3, -0.25) is 14.5 Å². The number of anilines is 1. The molecule has 2 aromatic rings. The first-order valence-corrected chi connectivity index (χ1v) is 9.25. The van der Waals surface area contributed by atoms with Crippen molar-refractivity contribution in [2.75, 3.05) is 32.2 Å². The average Bonchev–Trinajstić information content (AvgIpc) is 2.93. The fourth-order valence-corrected chi connectivity index (χ4v) is 3.07. The van der Waals surface area contributed by atoms with Crippen LogP contribution < -0.4 is 15.4 Å². The first-order chi connectivity index (χ1) is 14.3. The molecule has 2 N–H and O–H groups in total. The third kappa shape index (κ3) is 4.57. The van der Waals surface area contributed by atoms with Crippen molar-refractivity contribution < 1.29 is 28.2 Å². The van der Waals surface area contributed by atoms with Crippen LogP contribution in [0.3, 0.4) is 0 Å². The van der Waals surface area contributed by atoms with Crippen molar-refractivity contribution in [1.82, 2.24) is 10.2 Å². The van der Waals surface area contributed by atoms with Crippen molar-refractivity contribution in [3.63, 3.8) is 0 Å².